The molecular formula is C9H18O6. The summed E-state index contributed by atoms with van der Waals surface area (Å²) in [5, 5.41) is 32.0. The van der Waals surface area contributed by atoms with Crippen molar-refractivity contribution in [2.24, 2.45) is 0 Å². The summed E-state index contributed by atoms with van der Waals surface area (Å²) in [6, 6.07) is 0. The molecule has 0 saturated heterocycles. The molecule has 0 aromatic heterocycles. The van der Waals surface area contributed by atoms with E-state index in [2.05, 4.69) is 0 Å². The Hall–Kier alpha value is -1.14. The van der Waals surface area contributed by atoms with E-state index in [1.807, 2.05) is 0 Å². The molecule has 0 fully saturated rings. The van der Waals surface area contributed by atoms with E-state index in [4.69, 9.17) is 20.4 Å². The van der Waals surface area contributed by atoms with Crippen molar-refractivity contribution in [1.29, 1.82) is 0 Å². The van der Waals surface area contributed by atoms with Crippen molar-refractivity contribution in [2.45, 2.75) is 32.1 Å². The first-order chi connectivity index (χ1) is 7.04. The molecule has 0 aromatic rings. The number of unbranched alkanes of at least 4 members (excludes halogenated alkanes) is 3. The molecule has 0 atom stereocenters. The number of aliphatic carboxylic acids is 2. The summed E-state index contributed by atoms with van der Waals surface area (Å²) in [6.45, 7) is 0.566. The quantitative estimate of drug-likeness (QED) is 0.358. The van der Waals surface area contributed by atoms with Gasteiger partial charge in [-0.1, -0.05) is 12.8 Å². The summed E-state index contributed by atoms with van der Waals surface area (Å²) in [6.07, 6.45) is 3.02. The van der Waals surface area contributed by atoms with Crippen LogP contribution < -0.4 is 0 Å². The van der Waals surface area contributed by atoms with Gasteiger partial charge in [0.1, 0.15) is 6.42 Å². The van der Waals surface area contributed by atoms with E-state index in [1.54, 1.807) is 0 Å². The average molecular weight is 222 g/mol. The highest BCUT2D eigenvalue weighted by Gasteiger charge is 2.01. The minimum Gasteiger partial charge on any atom is -0.481 e. The van der Waals surface area contributed by atoms with Gasteiger partial charge in [0.2, 0.25) is 0 Å². The Kier molecular flexibility index (Phi) is 14.0. The molecule has 0 rings (SSSR count). The molecule has 0 radical (unpaired) electrons. The molecule has 0 aliphatic heterocycles. The molecule has 0 unspecified atom stereocenters. The highest BCUT2D eigenvalue weighted by molar-refractivity contribution is 5.88. The van der Waals surface area contributed by atoms with E-state index in [-0.39, 0.29) is 13.2 Å². The number of aliphatic hydroxyl groups excluding tert-OH is 2. The van der Waals surface area contributed by atoms with Gasteiger partial charge in [0, 0.05) is 13.2 Å². The zero-order valence-corrected chi connectivity index (χ0v) is 8.56. The van der Waals surface area contributed by atoms with Gasteiger partial charge in [-0.3, -0.25) is 9.59 Å². The van der Waals surface area contributed by atoms with Gasteiger partial charge in [-0.05, 0) is 12.8 Å². The molecule has 0 aliphatic rings. The van der Waals surface area contributed by atoms with Crippen molar-refractivity contribution < 1.29 is 30.0 Å². The van der Waals surface area contributed by atoms with Crippen LogP contribution in [-0.2, 0) is 9.59 Å². The molecule has 0 heterocycles. The normalized spacial score (nSPS) is 8.93. The lowest BCUT2D eigenvalue weighted by molar-refractivity contribution is -0.147. The van der Waals surface area contributed by atoms with Crippen LogP contribution in [0.15, 0.2) is 0 Å². The molecule has 6 heteroatoms. The maximum Gasteiger partial charge on any atom is 0.314 e. The second kappa shape index (κ2) is 12.9. The van der Waals surface area contributed by atoms with Crippen LogP contribution >= 0.6 is 0 Å². The van der Waals surface area contributed by atoms with Crippen LogP contribution in [0.1, 0.15) is 32.1 Å². The van der Waals surface area contributed by atoms with Crippen molar-refractivity contribution >= 4 is 11.9 Å². The lowest BCUT2D eigenvalue weighted by Gasteiger charge is -1.93. The highest BCUT2D eigenvalue weighted by Crippen LogP contribution is 1.96. The van der Waals surface area contributed by atoms with Crippen molar-refractivity contribution in [3.8, 4) is 0 Å². The van der Waals surface area contributed by atoms with E-state index in [0.717, 1.165) is 25.7 Å². The van der Waals surface area contributed by atoms with E-state index < -0.39 is 18.4 Å². The Bertz CT molecular complexity index is 150. The number of aliphatic hydroxyl groups is 2. The zero-order chi connectivity index (χ0) is 12.1. The zero-order valence-electron chi connectivity index (χ0n) is 8.56. The standard InChI is InChI=1S/C6H14O2.C3H4O4/c7-5-3-1-2-4-6-8;4-2(5)1-3(6)7/h7-8H,1-6H2;1H2,(H,4,5)(H,6,7). The van der Waals surface area contributed by atoms with Crippen molar-refractivity contribution in [3.05, 3.63) is 0 Å². The lowest BCUT2D eigenvalue weighted by Crippen LogP contribution is -2.03. The smallest absolute Gasteiger partial charge is 0.314 e. The first-order valence-corrected chi connectivity index (χ1v) is 4.70. The largest absolute Gasteiger partial charge is 0.481 e. The minimum atomic E-state index is -1.31. The first-order valence-electron chi connectivity index (χ1n) is 4.70. The maximum absolute atomic E-state index is 9.43. The van der Waals surface area contributed by atoms with Gasteiger partial charge >= 0.3 is 11.9 Å². The second-order valence-electron chi connectivity index (χ2n) is 2.83. The summed E-state index contributed by atoms with van der Waals surface area (Å²) < 4.78 is 0. The fraction of sp³-hybridized carbons (Fsp3) is 0.778. The van der Waals surface area contributed by atoms with Crippen LogP contribution in [0.2, 0.25) is 0 Å². The molecule has 0 spiro atoms. The van der Waals surface area contributed by atoms with Crippen LogP contribution in [0.25, 0.3) is 0 Å². The van der Waals surface area contributed by atoms with E-state index in [9.17, 15) is 9.59 Å². The molecule has 0 saturated carbocycles. The van der Waals surface area contributed by atoms with Crippen molar-refractivity contribution in [2.75, 3.05) is 13.2 Å². The molecule has 90 valence electrons. The van der Waals surface area contributed by atoms with E-state index in [1.165, 1.54) is 0 Å². The molecule has 0 aromatic carbocycles. The summed E-state index contributed by atoms with van der Waals surface area (Å²) >= 11 is 0. The summed E-state index contributed by atoms with van der Waals surface area (Å²) in [4.78, 5) is 18.9. The Morgan fingerprint density at radius 2 is 1.07 bits per heavy atom. The summed E-state index contributed by atoms with van der Waals surface area (Å²) in [7, 11) is 0. The lowest BCUT2D eigenvalue weighted by atomic mass is 10.2. The third kappa shape index (κ3) is 24.6. The number of rotatable bonds is 7. The molecule has 15 heavy (non-hydrogen) atoms. The number of hydrogen-bond donors (Lipinski definition) is 4. The van der Waals surface area contributed by atoms with Gasteiger partial charge in [0.25, 0.3) is 0 Å². The maximum atomic E-state index is 9.43. The minimum absolute atomic E-state index is 0.283. The Morgan fingerprint density at radius 1 is 0.733 bits per heavy atom. The summed E-state index contributed by atoms with van der Waals surface area (Å²) in [5.74, 6) is -2.62. The third-order valence-corrected chi connectivity index (χ3v) is 1.37. The number of carbonyl (C=O) groups is 2. The van der Waals surface area contributed by atoms with E-state index in [0.29, 0.717) is 0 Å². The van der Waals surface area contributed by atoms with Crippen LogP contribution in [0.3, 0.4) is 0 Å². The van der Waals surface area contributed by atoms with Gasteiger partial charge in [0.05, 0.1) is 0 Å². The number of hydrogen-bond acceptors (Lipinski definition) is 4. The predicted molar refractivity (Wildman–Crippen MR) is 52.5 cm³/mol. The third-order valence-electron chi connectivity index (χ3n) is 1.37. The highest BCUT2D eigenvalue weighted by atomic mass is 16.4. The predicted octanol–water partition coefficient (Wildman–Crippen LogP) is 0.0771. The Labute approximate surface area is 88.2 Å². The number of carboxylic acid groups (broad SMARTS) is 2. The van der Waals surface area contributed by atoms with Crippen LogP contribution in [0.5, 0.6) is 0 Å². The van der Waals surface area contributed by atoms with E-state index >= 15 is 0 Å². The Morgan fingerprint density at radius 3 is 1.20 bits per heavy atom. The first kappa shape index (κ1) is 16.3. The molecular weight excluding hydrogens is 204 g/mol. The molecule has 0 amide bonds. The SMILES string of the molecule is O=C(O)CC(=O)O.OCCCCCCO. The number of carboxylic acids is 2. The van der Waals surface area contributed by atoms with Crippen LogP contribution in [-0.4, -0.2) is 45.6 Å². The van der Waals surface area contributed by atoms with Gasteiger partial charge in [-0.15, -0.1) is 0 Å². The van der Waals surface area contributed by atoms with Crippen molar-refractivity contribution in [3.63, 3.8) is 0 Å². The molecule has 4 N–H and O–H groups in total. The van der Waals surface area contributed by atoms with Crippen LogP contribution in [0, 0.1) is 0 Å². The molecule has 6 nitrogen and oxygen atoms in total. The van der Waals surface area contributed by atoms with Gasteiger partial charge in [0.15, 0.2) is 0 Å². The van der Waals surface area contributed by atoms with Gasteiger partial charge in [-0.2, -0.15) is 0 Å². The average Bonchev–Trinajstić information content (AvgIpc) is 2.11. The molecule has 0 bridgehead atoms. The Balaban J connectivity index is 0. The summed E-state index contributed by atoms with van der Waals surface area (Å²) in [5.41, 5.74) is 0. The van der Waals surface area contributed by atoms with Gasteiger partial charge in [-0.25, -0.2) is 0 Å². The second-order valence-corrected chi connectivity index (χ2v) is 2.83. The topological polar surface area (TPSA) is 115 Å². The fourth-order valence-corrected chi connectivity index (χ4v) is 0.707. The van der Waals surface area contributed by atoms with Crippen molar-refractivity contribution in [1.82, 2.24) is 0 Å². The van der Waals surface area contributed by atoms with Crippen LogP contribution in [0.4, 0.5) is 0 Å². The fourth-order valence-electron chi connectivity index (χ4n) is 0.707. The monoisotopic (exact) mass is 222 g/mol. The molecule has 0 aliphatic carbocycles. The van der Waals surface area contributed by atoms with Gasteiger partial charge < -0.3 is 20.4 Å².